The number of ether oxygens (including phenoxy) is 2. The Bertz CT molecular complexity index is 325. The van der Waals surface area contributed by atoms with Crippen LogP contribution in [0, 0.1) is 5.92 Å². The molecule has 0 radical (unpaired) electrons. The van der Waals surface area contributed by atoms with Gasteiger partial charge in [-0.3, -0.25) is 4.79 Å². The van der Waals surface area contributed by atoms with Gasteiger partial charge in [-0.25, -0.2) is 4.79 Å². The molecule has 1 fully saturated rings. The minimum absolute atomic E-state index is 0.253. The molecule has 1 aliphatic heterocycles. The number of rotatable bonds is 2. The lowest BCUT2D eigenvalue weighted by Gasteiger charge is -2.26. The van der Waals surface area contributed by atoms with Gasteiger partial charge in [0.15, 0.2) is 0 Å². The van der Waals surface area contributed by atoms with Gasteiger partial charge in [-0.15, -0.1) is 0 Å². The maximum absolute atomic E-state index is 11.8. The fourth-order valence-corrected chi connectivity index (χ4v) is 2.11. The van der Waals surface area contributed by atoms with E-state index >= 15 is 0 Å². The molecule has 1 aliphatic rings. The van der Waals surface area contributed by atoms with Crippen molar-refractivity contribution in [2.24, 2.45) is 5.92 Å². The molecule has 6 nitrogen and oxygen atoms in total. The molecule has 1 heterocycles. The van der Waals surface area contributed by atoms with E-state index in [1.165, 1.54) is 7.11 Å². The summed E-state index contributed by atoms with van der Waals surface area (Å²) in [7, 11) is 1.37. The highest BCUT2D eigenvalue weighted by atomic mass is 16.6. The maximum Gasteiger partial charge on any atom is 0.407 e. The van der Waals surface area contributed by atoms with Crippen LogP contribution in [-0.4, -0.2) is 43.9 Å². The Kier molecular flexibility index (Phi) is 5.60. The van der Waals surface area contributed by atoms with Crippen molar-refractivity contribution in [1.82, 2.24) is 10.6 Å². The smallest absolute Gasteiger partial charge is 0.407 e. The SMILES string of the molecule is COC(=O)[C@@H]1CCNCC[C@H]1NC(=O)OC(C)(C)C. The first-order chi connectivity index (χ1) is 8.83. The van der Waals surface area contributed by atoms with E-state index in [2.05, 4.69) is 10.6 Å². The highest BCUT2D eigenvalue weighted by Crippen LogP contribution is 2.17. The van der Waals surface area contributed by atoms with Gasteiger partial charge in [0, 0.05) is 6.04 Å². The van der Waals surface area contributed by atoms with Gasteiger partial charge in [0.05, 0.1) is 13.0 Å². The van der Waals surface area contributed by atoms with Crippen LogP contribution in [0.15, 0.2) is 0 Å². The van der Waals surface area contributed by atoms with E-state index in [4.69, 9.17) is 9.47 Å². The maximum atomic E-state index is 11.8. The van der Waals surface area contributed by atoms with Gasteiger partial charge in [-0.2, -0.15) is 0 Å². The topological polar surface area (TPSA) is 76.7 Å². The molecule has 0 aromatic heterocycles. The molecule has 2 N–H and O–H groups in total. The minimum Gasteiger partial charge on any atom is -0.469 e. The third-order valence-electron chi connectivity index (χ3n) is 2.96. The van der Waals surface area contributed by atoms with E-state index in [9.17, 15) is 9.59 Å². The molecule has 0 unspecified atom stereocenters. The molecule has 6 heteroatoms. The normalized spacial score (nSPS) is 24.2. The third-order valence-corrected chi connectivity index (χ3v) is 2.96. The average molecular weight is 272 g/mol. The molecule has 110 valence electrons. The van der Waals surface area contributed by atoms with E-state index in [0.717, 1.165) is 13.1 Å². The summed E-state index contributed by atoms with van der Waals surface area (Å²) in [6, 6.07) is -0.253. The molecule has 0 saturated carbocycles. The lowest BCUT2D eigenvalue weighted by molar-refractivity contribution is -0.146. The summed E-state index contributed by atoms with van der Waals surface area (Å²) in [4.78, 5) is 23.5. The Morgan fingerprint density at radius 3 is 2.42 bits per heavy atom. The van der Waals surface area contributed by atoms with Gasteiger partial charge < -0.3 is 20.1 Å². The second-order valence-corrected chi connectivity index (χ2v) is 5.71. The van der Waals surface area contributed by atoms with Crippen LogP contribution < -0.4 is 10.6 Å². The van der Waals surface area contributed by atoms with Crippen LogP contribution in [0.3, 0.4) is 0 Å². The van der Waals surface area contributed by atoms with E-state index in [-0.39, 0.29) is 17.9 Å². The van der Waals surface area contributed by atoms with E-state index in [0.29, 0.717) is 12.8 Å². The minimum atomic E-state index is -0.548. The monoisotopic (exact) mass is 272 g/mol. The van der Waals surface area contributed by atoms with Crippen LogP contribution in [0.5, 0.6) is 0 Å². The van der Waals surface area contributed by atoms with Crippen molar-refractivity contribution in [3.63, 3.8) is 0 Å². The quantitative estimate of drug-likeness (QED) is 0.735. The van der Waals surface area contributed by atoms with E-state index < -0.39 is 11.7 Å². The first kappa shape index (κ1) is 15.8. The van der Waals surface area contributed by atoms with E-state index in [1.807, 2.05) is 0 Å². The third kappa shape index (κ3) is 5.46. The zero-order valence-electron chi connectivity index (χ0n) is 12.1. The van der Waals surface area contributed by atoms with Crippen LogP contribution in [0.2, 0.25) is 0 Å². The van der Waals surface area contributed by atoms with Crippen molar-refractivity contribution in [1.29, 1.82) is 0 Å². The summed E-state index contributed by atoms with van der Waals surface area (Å²) in [6.45, 7) is 6.91. The molecule has 0 bridgehead atoms. The highest BCUT2D eigenvalue weighted by molar-refractivity contribution is 5.75. The summed E-state index contributed by atoms with van der Waals surface area (Å²) < 4.78 is 10.0. The predicted molar refractivity (Wildman–Crippen MR) is 70.8 cm³/mol. The zero-order chi connectivity index (χ0) is 14.5. The highest BCUT2D eigenvalue weighted by Gasteiger charge is 2.32. The molecular weight excluding hydrogens is 248 g/mol. The lowest BCUT2D eigenvalue weighted by atomic mass is 9.95. The molecule has 0 spiro atoms. The Labute approximate surface area is 114 Å². The molecule has 1 amide bonds. The van der Waals surface area contributed by atoms with Gasteiger partial charge in [0.2, 0.25) is 0 Å². The molecule has 0 aromatic carbocycles. The average Bonchev–Trinajstić information content (AvgIpc) is 2.51. The van der Waals surface area contributed by atoms with Crippen LogP contribution in [0.1, 0.15) is 33.6 Å². The van der Waals surface area contributed by atoms with E-state index in [1.54, 1.807) is 20.8 Å². The van der Waals surface area contributed by atoms with Crippen LogP contribution in [0.4, 0.5) is 4.79 Å². The number of amides is 1. The van der Waals surface area contributed by atoms with Gasteiger partial charge in [-0.05, 0) is 46.7 Å². The number of nitrogens with one attached hydrogen (secondary N) is 2. The standard InChI is InChI=1S/C13H24N2O4/c1-13(2,3)19-12(17)15-10-6-8-14-7-5-9(10)11(16)18-4/h9-10,14H,5-8H2,1-4H3,(H,15,17)/t9-,10-/m1/s1. The van der Waals surface area contributed by atoms with Crippen molar-refractivity contribution in [3.05, 3.63) is 0 Å². The summed E-state index contributed by atoms with van der Waals surface area (Å²) >= 11 is 0. The molecular formula is C13H24N2O4. The number of alkyl carbamates (subject to hydrolysis) is 1. The zero-order valence-corrected chi connectivity index (χ0v) is 12.1. The second-order valence-electron chi connectivity index (χ2n) is 5.71. The van der Waals surface area contributed by atoms with Crippen molar-refractivity contribution in [2.45, 2.75) is 45.3 Å². The van der Waals surface area contributed by atoms with Crippen LogP contribution >= 0.6 is 0 Å². The number of methoxy groups -OCH3 is 1. The number of hydrogen-bond donors (Lipinski definition) is 2. The fraction of sp³-hybridized carbons (Fsp3) is 0.846. The Morgan fingerprint density at radius 2 is 1.84 bits per heavy atom. The molecule has 0 aliphatic carbocycles. The summed E-state index contributed by atoms with van der Waals surface area (Å²) in [5, 5.41) is 5.99. The predicted octanol–water partition coefficient (Wildman–Crippen LogP) is 1.05. The summed E-state index contributed by atoms with van der Waals surface area (Å²) in [6.07, 6.45) is 0.833. The molecule has 1 rings (SSSR count). The van der Waals surface area contributed by atoms with Gasteiger partial charge in [0.1, 0.15) is 5.60 Å². The van der Waals surface area contributed by atoms with Crippen molar-refractivity contribution >= 4 is 12.1 Å². The fourth-order valence-electron chi connectivity index (χ4n) is 2.11. The van der Waals surface area contributed by atoms with Crippen molar-refractivity contribution in [2.75, 3.05) is 20.2 Å². The Morgan fingerprint density at radius 1 is 1.21 bits per heavy atom. The number of esters is 1. The van der Waals surface area contributed by atoms with Crippen molar-refractivity contribution in [3.8, 4) is 0 Å². The summed E-state index contributed by atoms with van der Waals surface area (Å²) in [5.74, 6) is -0.614. The van der Waals surface area contributed by atoms with Crippen molar-refractivity contribution < 1.29 is 19.1 Å². The van der Waals surface area contributed by atoms with Gasteiger partial charge in [-0.1, -0.05) is 0 Å². The Balaban J connectivity index is 2.65. The Hall–Kier alpha value is -1.30. The second kappa shape index (κ2) is 6.75. The lowest BCUT2D eigenvalue weighted by Crippen LogP contribution is -2.45. The number of hydrogen-bond acceptors (Lipinski definition) is 5. The first-order valence-electron chi connectivity index (χ1n) is 6.61. The molecule has 1 saturated heterocycles. The molecule has 2 atom stereocenters. The number of carbonyl (C=O) groups is 2. The number of carbonyl (C=O) groups excluding carboxylic acids is 2. The van der Waals surface area contributed by atoms with Gasteiger partial charge >= 0.3 is 12.1 Å². The summed E-state index contributed by atoms with van der Waals surface area (Å²) in [5.41, 5.74) is -0.548. The molecule has 0 aromatic rings. The van der Waals surface area contributed by atoms with Crippen LogP contribution in [-0.2, 0) is 14.3 Å². The van der Waals surface area contributed by atoms with Crippen LogP contribution in [0.25, 0.3) is 0 Å². The van der Waals surface area contributed by atoms with Gasteiger partial charge in [0.25, 0.3) is 0 Å². The largest absolute Gasteiger partial charge is 0.469 e. The molecule has 19 heavy (non-hydrogen) atoms. The first-order valence-corrected chi connectivity index (χ1v) is 6.61.